The molecule has 6 nitrogen and oxygen atoms in total. The predicted octanol–water partition coefficient (Wildman–Crippen LogP) is 3.13. The lowest BCUT2D eigenvalue weighted by Crippen LogP contribution is -2.16. The Bertz CT molecular complexity index is 460. The summed E-state index contributed by atoms with van der Waals surface area (Å²) in [5.41, 5.74) is 1.98. The summed E-state index contributed by atoms with van der Waals surface area (Å²) < 4.78 is 9.57. The summed E-state index contributed by atoms with van der Waals surface area (Å²) in [5, 5.41) is 5.17. The Labute approximate surface area is 112 Å². The van der Waals surface area contributed by atoms with Gasteiger partial charge >= 0.3 is 12.2 Å². The van der Waals surface area contributed by atoms with Crippen LogP contribution in [0.2, 0.25) is 0 Å². The number of hydrogen-bond donors (Lipinski definition) is 2. The van der Waals surface area contributed by atoms with Crippen LogP contribution >= 0.6 is 0 Å². The molecule has 0 aliphatic carbocycles. The van der Waals surface area contributed by atoms with Crippen LogP contribution in [-0.2, 0) is 9.47 Å². The van der Waals surface area contributed by atoms with Gasteiger partial charge in [-0.3, -0.25) is 10.6 Å². The van der Waals surface area contributed by atoms with Gasteiger partial charge in [0.2, 0.25) is 0 Å². The summed E-state index contributed by atoms with van der Waals surface area (Å²) in [6.45, 7) is 5.89. The second-order valence-corrected chi connectivity index (χ2v) is 3.72. The zero-order chi connectivity index (χ0) is 14.3. The van der Waals surface area contributed by atoms with E-state index in [-0.39, 0.29) is 0 Å². The maximum atomic E-state index is 11.4. The van der Waals surface area contributed by atoms with E-state index >= 15 is 0 Å². The molecule has 19 heavy (non-hydrogen) atoms. The topological polar surface area (TPSA) is 76.7 Å². The molecule has 6 heteroatoms. The molecule has 0 aromatic heterocycles. The Kier molecular flexibility index (Phi) is 5.66. The highest BCUT2D eigenvalue weighted by Crippen LogP contribution is 2.20. The zero-order valence-electron chi connectivity index (χ0n) is 11.3. The van der Waals surface area contributed by atoms with Gasteiger partial charge in [0.15, 0.2) is 0 Å². The number of carbonyl (C=O) groups excluding carboxylic acids is 2. The Hall–Kier alpha value is -2.24. The molecule has 0 unspecified atom stereocenters. The van der Waals surface area contributed by atoms with E-state index in [4.69, 9.17) is 9.47 Å². The monoisotopic (exact) mass is 266 g/mol. The normalized spacial score (nSPS) is 9.63. The van der Waals surface area contributed by atoms with Crippen LogP contribution in [0.25, 0.3) is 0 Å². The van der Waals surface area contributed by atoms with Gasteiger partial charge in [-0.25, -0.2) is 9.59 Å². The number of rotatable bonds is 4. The number of ether oxygens (including phenoxy) is 2. The van der Waals surface area contributed by atoms with Gasteiger partial charge in [-0.05, 0) is 38.5 Å². The third-order valence-corrected chi connectivity index (χ3v) is 2.27. The number of hydrogen-bond acceptors (Lipinski definition) is 4. The van der Waals surface area contributed by atoms with E-state index in [0.717, 1.165) is 5.56 Å². The van der Waals surface area contributed by atoms with Crippen LogP contribution in [0, 0.1) is 6.92 Å². The Balaban J connectivity index is 2.76. The number of amides is 2. The first-order chi connectivity index (χ1) is 9.06. The van der Waals surface area contributed by atoms with Crippen molar-refractivity contribution in [2.75, 3.05) is 23.8 Å². The molecule has 0 spiro atoms. The van der Waals surface area contributed by atoms with Crippen LogP contribution in [0.3, 0.4) is 0 Å². The minimum atomic E-state index is -0.534. The number of aryl methyl sites for hydroxylation is 1. The van der Waals surface area contributed by atoms with Gasteiger partial charge in [-0.1, -0.05) is 6.07 Å². The molecule has 0 radical (unpaired) electrons. The highest BCUT2D eigenvalue weighted by molar-refractivity contribution is 5.89. The molecule has 1 aromatic rings. The van der Waals surface area contributed by atoms with Crippen molar-refractivity contribution < 1.29 is 19.1 Å². The van der Waals surface area contributed by atoms with Crippen LogP contribution in [0.4, 0.5) is 21.0 Å². The molecular weight excluding hydrogens is 248 g/mol. The molecule has 1 aromatic carbocycles. The van der Waals surface area contributed by atoms with E-state index in [2.05, 4.69) is 10.6 Å². The van der Waals surface area contributed by atoms with Crippen LogP contribution in [0.1, 0.15) is 19.4 Å². The first-order valence-electron chi connectivity index (χ1n) is 6.05. The summed E-state index contributed by atoms with van der Waals surface area (Å²) in [4.78, 5) is 22.6. The summed E-state index contributed by atoms with van der Waals surface area (Å²) in [6.07, 6.45) is -1.06. The van der Waals surface area contributed by atoms with Crippen molar-refractivity contribution in [1.82, 2.24) is 0 Å². The van der Waals surface area contributed by atoms with Gasteiger partial charge in [0.1, 0.15) is 0 Å². The molecule has 0 saturated heterocycles. The fourth-order valence-corrected chi connectivity index (χ4v) is 1.40. The lowest BCUT2D eigenvalue weighted by atomic mass is 10.2. The van der Waals surface area contributed by atoms with Crippen molar-refractivity contribution >= 4 is 23.6 Å². The average Bonchev–Trinajstić information content (AvgIpc) is 2.34. The van der Waals surface area contributed by atoms with Crippen LogP contribution in [0.5, 0.6) is 0 Å². The molecule has 0 atom stereocenters. The molecule has 0 bridgehead atoms. The number of carbonyl (C=O) groups is 2. The fraction of sp³-hybridized carbons (Fsp3) is 0.385. The predicted molar refractivity (Wildman–Crippen MR) is 72.5 cm³/mol. The zero-order valence-corrected chi connectivity index (χ0v) is 11.3. The van der Waals surface area contributed by atoms with Crippen molar-refractivity contribution in [3.63, 3.8) is 0 Å². The number of nitrogens with one attached hydrogen (secondary N) is 2. The Morgan fingerprint density at radius 3 is 2.21 bits per heavy atom. The lowest BCUT2D eigenvalue weighted by molar-refractivity contribution is 0.167. The molecule has 2 amide bonds. The van der Waals surface area contributed by atoms with Gasteiger partial charge < -0.3 is 9.47 Å². The van der Waals surface area contributed by atoms with Crippen LogP contribution in [-0.4, -0.2) is 25.4 Å². The summed E-state index contributed by atoms with van der Waals surface area (Å²) >= 11 is 0. The fourth-order valence-electron chi connectivity index (χ4n) is 1.40. The molecule has 0 saturated carbocycles. The average molecular weight is 266 g/mol. The van der Waals surface area contributed by atoms with Crippen molar-refractivity contribution in [2.45, 2.75) is 20.8 Å². The molecule has 0 fully saturated rings. The number of benzene rings is 1. The third-order valence-electron chi connectivity index (χ3n) is 2.27. The Morgan fingerprint density at radius 1 is 1.05 bits per heavy atom. The third kappa shape index (κ3) is 4.87. The van der Waals surface area contributed by atoms with Crippen molar-refractivity contribution in [3.8, 4) is 0 Å². The maximum Gasteiger partial charge on any atom is 0.411 e. The lowest BCUT2D eigenvalue weighted by Gasteiger charge is -2.11. The quantitative estimate of drug-likeness (QED) is 0.877. The van der Waals surface area contributed by atoms with E-state index in [9.17, 15) is 9.59 Å². The Morgan fingerprint density at radius 2 is 1.63 bits per heavy atom. The molecule has 1 rings (SSSR count). The first-order valence-corrected chi connectivity index (χ1v) is 6.05. The van der Waals surface area contributed by atoms with Gasteiger partial charge in [0.25, 0.3) is 0 Å². The maximum absolute atomic E-state index is 11.4. The van der Waals surface area contributed by atoms with Crippen molar-refractivity contribution in [3.05, 3.63) is 23.8 Å². The molecule has 0 aliphatic rings. The summed E-state index contributed by atoms with van der Waals surface area (Å²) in [6, 6.07) is 5.15. The largest absolute Gasteiger partial charge is 0.450 e. The SMILES string of the molecule is CCOC(=O)Nc1ccc(C)c(NC(=O)OCC)c1. The second kappa shape index (κ2) is 7.25. The van der Waals surface area contributed by atoms with Gasteiger partial charge in [0.05, 0.1) is 13.2 Å². The minimum absolute atomic E-state index is 0.297. The summed E-state index contributed by atoms with van der Waals surface area (Å²) in [7, 11) is 0. The van der Waals surface area contributed by atoms with E-state index in [0.29, 0.717) is 24.6 Å². The standard InChI is InChI=1S/C13H18N2O4/c1-4-18-12(16)14-10-7-6-9(3)11(8-10)15-13(17)19-5-2/h6-8H,4-5H2,1-3H3,(H,14,16)(H,15,17). The van der Waals surface area contributed by atoms with Crippen LogP contribution in [0.15, 0.2) is 18.2 Å². The molecular formula is C13H18N2O4. The van der Waals surface area contributed by atoms with Gasteiger partial charge in [-0.2, -0.15) is 0 Å². The van der Waals surface area contributed by atoms with Crippen LogP contribution < -0.4 is 10.6 Å². The smallest absolute Gasteiger partial charge is 0.411 e. The van der Waals surface area contributed by atoms with Crippen molar-refractivity contribution in [2.24, 2.45) is 0 Å². The van der Waals surface area contributed by atoms with Gasteiger partial charge in [-0.15, -0.1) is 0 Å². The van der Waals surface area contributed by atoms with E-state index in [1.54, 1.807) is 32.0 Å². The highest BCUT2D eigenvalue weighted by atomic mass is 16.6. The van der Waals surface area contributed by atoms with E-state index in [1.807, 2.05) is 6.92 Å². The van der Waals surface area contributed by atoms with E-state index < -0.39 is 12.2 Å². The highest BCUT2D eigenvalue weighted by Gasteiger charge is 2.08. The molecule has 104 valence electrons. The molecule has 0 aliphatic heterocycles. The van der Waals surface area contributed by atoms with Crippen molar-refractivity contribution in [1.29, 1.82) is 0 Å². The summed E-state index contributed by atoms with van der Waals surface area (Å²) in [5.74, 6) is 0. The van der Waals surface area contributed by atoms with E-state index in [1.165, 1.54) is 0 Å². The molecule has 0 heterocycles. The minimum Gasteiger partial charge on any atom is -0.450 e. The van der Waals surface area contributed by atoms with Gasteiger partial charge in [0, 0.05) is 11.4 Å². The second-order valence-electron chi connectivity index (χ2n) is 3.72. The molecule has 2 N–H and O–H groups in total. The number of anilines is 2. The first kappa shape index (κ1) is 14.8.